The number of aliphatic hydroxyl groups excluding tert-OH is 1. The van der Waals surface area contributed by atoms with Crippen LogP contribution in [0.3, 0.4) is 0 Å². The van der Waals surface area contributed by atoms with E-state index >= 15 is 0 Å². The van der Waals surface area contributed by atoms with Crippen molar-refractivity contribution in [3.8, 4) is 0 Å². The Morgan fingerprint density at radius 2 is 2.10 bits per heavy atom. The molecular formula is C11H12F3N5O2. The Hall–Kier alpha value is -2.23. The molecule has 0 aliphatic heterocycles. The molecule has 2 aromatic rings. The predicted octanol–water partition coefficient (Wildman–Crippen LogP) is 0.394. The van der Waals surface area contributed by atoms with Crippen LogP contribution in [-0.2, 0) is 0 Å². The molecule has 0 aliphatic rings. The summed E-state index contributed by atoms with van der Waals surface area (Å²) in [6.45, 7) is 2.50. The molecule has 1 atom stereocenters. The highest BCUT2D eigenvalue weighted by Crippen LogP contribution is 2.19. The van der Waals surface area contributed by atoms with Crippen molar-refractivity contribution < 1.29 is 23.1 Å². The van der Waals surface area contributed by atoms with E-state index in [2.05, 4.69) is 15.1 Å². The van der Waals surface area contributed by atoms with Crippen molar-refractivity contribution in [2.75, 3.05) is 6.54 Å². The lowest BCUT2D eigenvalue weighted by atomic mass is 10.3. The number of aromatic nitrogens is 4. The van der Waals surface area contributed by atoms with Crippen molar-refractivity contribution in [1.82, 2.24) is 24.9 Å². The molecule has 0 radical (unpaired) electrons. The van der Waals surface area contributed by atoms with Crippen LogP contribution in [0.25, 0.3) is 5.78 Å². The predicted molar refractivity (Wildman–Crippen MR) is 64.7 cm³/mol. The molecule has 0 spiro atoms. The average Bonchev–Trinajstić information content (AvgIpc) is 2.78. The molecule has 2 heterocycles. The van der Waals surface area contributed by atoms with Crippen molar-refractivity contribution in [3.63, 3.8) is 0 Å². The standard InChI is InChI=1S/C11H12F3N5O2/c1-5-3-6(2)19-10(16-5)17-8(18-19)9(21)15-4-7(20)11(12,13)14/h3,7,20H,4H2,1-2H3,(H,15,21). The lowest BCUT2D eigenvalue weighted by Gasteiger charge is -2.14. The van der Waals surface area contributed by atoms with Crippen molar-refractivity contribution in [3.05, 3.63) is 23.3 Å². The lowest BCUT2D eigenvalue weighted by Crippen LogP contribution is -2.41. The number of aryl methyl sites for hydroxylation is 2. The number of amides is 1. The van der Waals surface area contributed by atoms with E-state index in [0.717, 1.165) is 0 Å². The summed E-state index contributed by atoms with van der Waals surface area (Å²) < 4.78 is 37.7. The SMILES string of the molecule is Cc1cc(C)n2nc(C(=O)NCC(O)C(F)(F)F)nc2n1. The molecule has 1 unspecified atom stereocenters. The van der Waals surface area contributed by atoms with Gasteiger partial charge >= 0.3 is 6.18 Å². The van der Waals surface area contributed by atoms with Gasteiger partial charge in [0.25, 0.3) is 11.7 Å². The number of carbonyl (C=O) groups excluding carboxylic acids is 1. The molecule has 2 aromatic heterocycles. The van der Waals surface area contributed by atoms with Crippen LogP contribution in [0.2, 0.25) is 0 Å². The van der Waals surface area contributed by atoms with Crippen molar-refractivity contribution in [2.45, 2.75) is 26.1 Å². The highest BCUT2D eigenvalue weighted by molar-refractivity contribution is 5.90. The third-order valence-electron chi connectivity index (χ3n) is 2.66. The van der Waals surface area contributed by atoms with Gasteiger partial charge < -0.3 is 10.4 Å². The van der Waals surface area contributed by atoms with Gasteiger partial charge in [-0.25, -0.2) is 9.50 Å². The zero-order chi connectivity index (χ0) is 15.8. The third kappa shape index (κ3) is 3.27. The van der Waals surface area contributed by atoms with E-state index in [9.17, 15) is 18.0 Å². The molecule has 1 amide bonds. The molecule has 0 aliphatic carbocycles. The van der Waals surface area contributed by atoms with Crippen LogP contribution < -0.4 is 5.32 Å². The number of alkyl halides is 3. The van der Waals surface area contributed by atoms with Gasteiger partial charge in [-0.15, -0.1) is 5.10 Å². The zero-order valence-corrected chi connectivity index (χ0v) is 11.1. The van der Waals surface area contributed by atoms with Gasteiger partial charge in [-0.2, -0.15) is 18.2 Å². The van der Waals surface area contributed by atoms with Gasteiger partial charge in [0.05, 0.1) is 6.54 Å². The number of nitrogens with one attached hydrogen (secondary N) is 1. The summed E-state index contributed by atoms with van der Waals surface area (Å²) >= 11 is 0. The summed E-state index contributed by atoms with van der Waals surface area (Å²) in [7, 11) is 0. The molecule has 0 aromatic carbocycles. The van der Waals surface area contributed by atoms with Crippen molar-refractivity contribution in [1.29, 1.82) is 0 Å². The maximum absolute atomic E-state index is 12.1. The second-order valence-electron chi connectivity index (χ2n) is 4.45. The summed E-state index contributed by atoms with van der Waals surface area (Å²) in [6, 6.07) is 1.72. The van der Waals surface area contributed by atoms with Crippen LogP contribution in [0, 0.1) is 13.8 Å². The van der Waals surface area contributed by atoms with Crippen molar-refractivity contribution in [2.24, 2.45) is 0 Å². The number of halogens is 3. The Kier molecular flexibility index (Phi) is 3.81. The van der Waals surface area contributed by atoms with Gasteiger partial charge in [-0.1, -0.05) is 0 Å². The fraction of sp³-hybridized carbons (Fsp3) is 0.455. The number of carbonyl (C=O) groups is 1. The van der Waals surface area contributed by atoms with Crippen LogP contribution in [0.4, 0.5) is 13.2 Å². The average molecular weight is 303 g/mol. The highest BCUT2D eigenvalue weighted by atomic mass is 19.4. The summed E-state index contributed by atoms with van der Waals surface area (Å²) in [5, 5.41) is 14.6. The van der Waals surface area contributed by atoms with E-state index in [1.54, 1.807) is 19.9 Å². The minimum absolute atomic E-state index is 0.175. The molecule has 114 valence electrons. The number of fused-ring (bicyclic) bond motifs is 1. The second-order valence-corrected chi connectivity index (χ2v) is 4.45. The van der Waals surface area contributed by atoms with Gasteiger partial charge in [-0.05, 0) is 19.9 Å². The Morgan fingerprint density at radius 1 is 1.43 bits per heavy atom. The monoisotopic (exact) mass is 303 g/mol. The number of hydrogen-bond donors (Lipinski definition) is 2. The molecule has 2 N–H and O–H groups in total. The number of nitrogens with zero attached hydrogens (tertiary/aromatic N) is 4. The van der Waals surface area contributed by atoms with Crippen LogP contribution in [-0.4, -0.2) is 49.4 Å². The molecular weight excluding hydrogens is 291 g/mol. The first kappa shape index (κ1) is 15.2. The molecule has 0 saturated heterocycles. The van der Waals surface area contributed by atoms with Gasteiger partial charge in [0.2, 0.25) is 5.82 Å². The van der Waals surface area contributed by atoms with Crippen LogP contribution in [0.1, 0.15) is 22.0 Å². The fourth-order valence-corrected chi connectivity index (χ4v) is 1.65. The van der Waals surface area contributed by atoms with E-state index in [0.29, 0.717) is 11.4 Å². The van der Waals surface area contributed by atoms with Gasteiger partial charge in [0, 0.05) is 11.4 Å². The number of aliphatic hydroxyl groups is 1. The molecule has 2 rings (SSSR count). The van der Waals surface area contributed by atoms with E-state index < -0.39 is 24.7 Å². The summed E-state index contributed by atoms with van der Waals surface area (Å²) in [5.74, 6) is -1.06. The maximum Gasteiger partial charge on any atom is 0.416 e. The molecule has 10 heteroatoms. The largest absolute Gasteiger partial charge is 0.416 e. The Morgan fingerprint density at radius 3 is 2.71 bits per heavy atom. The van der Waals surface area contributed by atoms with E-state index in [1.165, 1.54) is 4.52 Å². The molecule has 0 saturated carbocycles. The summed E-state index contributed by atoms with van der Waals surface area (Å²) in [6.07, 6.45) is -7.44. The number of hydrogen-bond acceptors (Lipinski definition) is 5. The molecule has 0 fully saturated rings. The van der Waals surface area contributed by atoms with Crippen LogP contribution >= 0.6 is 0 Å². The molecule has 7 nitrogen and oxygen atoms in total. The Labute approximate surface area is 116 Å². The van der Waals surface area contributed by atoms with Crippen molar-refractivity contribution >= 4 is 11.7 Å². The van der Waals surface area contributed by atoms with Crippen LogP contribution in [0.15, 0.2) is 6.07 Å². The number of rotatable bonds is 3. The molecule has 21 heavy (non-hydrogen) atoms. The minimum Gasteiger partial charge on any atom is -0.382 e. The first-order valence-electron chi connectivity index (χ1n) is 5.92. The zero-order valence-electron chi connectivity index (χ0n) is 11.1. The summed E-state index contributed by atoms with van der Waals surface area (Å²) in [5.41, 5.74) is 1.35. The Balaban J connectivity index is 2.15. The first-order valence-corrected chi connectivity index (χ1v) is 5.92. The van der Waals surface area contributed by atoms with Crippen LogP contribution in [0.5, 0.6) is 0 Å². The van der Waals surface area contributed by atoms with Gasteiger partial charge in [0.15, 0.2) is 6.10 Å². The van der Waals surface area contributed by atoms with E-state index in [4.69, 9.17) is 5.11 Å². The van der Waals surface area contributed by atoms with E-state index in [1.807, 2.05) is 5.32 Å². The van der Waals surface area contributed by atoms with Gasteiger partial charge in [0.1, 0.15) is 0 Å². The lowest BCUT2D eigenvalue weighted by molar-refractivity contribution is -0.201. The smallest absolute Gasteiger partial charge is 0.382 e. The third-order valence-corrected chi connectivity index (χ3v) is 2.66. The highest BCUT2D eigenvalue weighted by Gasteiger charge is 2.38. The first-order chi connectivity index (χ1) is 9.68. The topological polar surface area (TPSA) is 92.4 Å². The minimum atomic E-state index is -4.80. The Bertz CT molecular complexity index is 682. The fourth-order valence-electron chi connectivity index (χ4n) is 1.65. The van der Waals surface area contributed by atoms with Gasteiger partial charge in [-0.3, -0.25) is 4.79 Å². The maximum atomic E-state index is 12.1. The quantitative estimate of drug-likeness (QED) is 0.856. The summed E-state index contributed by atoms with van der Waals surface area (Å²) in [4.78, 5) is 19.6. The molecule has 0 bridgehead atoms. The van der Waals surface area contributed by atoms with E-state index in [-0.39, 0.29) is 11.6 Å². The second kappa shape index (κ2) is 5.28. The normalized spacial score (nSPS) is 13.4.